The number of amides is 1. The Balaban J connectivity index is 1.50. The first-order chi connectivity index (χ1) is 14.5. The highest BCUT2D eigenvalue weighted by atomic mass is 79.9. The van der Waals surface area contributed by atoms with E-state index in [2.05, 4.69) is 31.2 Å². The Hall–Kier alpha value is -3.85. The van der Waals surface area contributed by atoms with Crippen molar-refractivity contribution in [2.75, 3.05) is 5.32 Å². The van der Waals surface area contributed by atoms with Gasteiger partial charge >= 0.3 is 0 Å². The van der Waals surface area contributed by atoms with Gasteiger partial charge in [0.05, 0.1) is 10.5 Å². The van der Waals surface area contributed by atoms with Crippen molar-refractivity contribution in [1.29, 1.82) is 0 Å². The molecule has 4 rings (SSSR count). The van der Waals surface area contributed by atoms with E-state index in [1.165, 1.54) is 24.3 Å². The number of nitro groups is 1. The Labute approximate surface area is 178 Å². The Morgan fingerprint density at radius 3 is 2.83 bits per heavy atom. The molecule has 9 heteroatoms. The van der Waals surface area contributed by atoms with Crippen molar-refractivity contribution < 1.29 is 14.1 Å². The maximum atomic E-state index is 12.2. The number of halogens is 1. The summed E-state index contributed by atoms with van der Waals surface area (Å²) in [6.45, 7) is 0. The van der Waals surface area contributed by atoms with Gasteiger partial charge in [0.25, 0.3) is 5.69 Å². The summed E-state index contributed by atoms with van der Waals surface area (Å²) in [5.41, 5.74) is 2.96. The van der Waals surface area contributed by atoms with E-state index in [0.717, 1.165) is 10.0 Å². The van der Waals surface area contributed by atoms with Crippen molar-refractivity contribution in [1.82, 2.24) is 9.97 Å². The van der Waals surface area contributed by atoms with E-state index in [9.17, 15) is 14.9 Å². The van der Waals surface area contributed by atoms with Crippen molar-refractivity contribution >= 4 is 50.4 Å². The van der Waals surface area contributed by atoms with Crippen molar-refractivity contribution in [3.8, 4) is 11.5 Å². The average molecular weight is 465 g/mol. The van der Waals surface area contributed by atoms with E-state index in [0.29, 0.717) is 28.2 Å². The predicted molar refractivity (Wildman–Crippen MR) is 116 cm³/mol. The van der Waals surface area contributed by atoms with Gasteiger partial charge in [0.1, 0.15) is 5.52 Å². The van der Waals surface area contributed by atoms with Crippen molar-refractivity contribution in [3.05, 3.63) is 87.2 Å². The number of carbonyl (C=O) groups is 1. The maximum Gasteiger partial charge on any atom is 0.270 e. The van der Waals surface area contributed by atoms with Gasteiger partial charge in [-0.1, -0.05) is 12.1 Å². The average Bonchev–Trinajstić information content (AvgIpc) is 3.16. The van der Waals surface area contributed by atoms with Crippen molar-refractivity contribution in [2.45, 2.75) is 0 Å². The van der Waals surface area contributed by atoms with Crippen LogP contribution in [0.15, 0.2) is 75.9 Å². The number of carbonyl (C=O) groups excluding carboxylic acids is 1. The third-order valence-corrected chi connectivity index (χ3v) is 4.55. The van der Waals surface area contributed by atoms with Crippen LogP contribution in [0.4, 0.5) is 11.4 Å². The zero-order valence-corrected chi connectivity index (χ0v) is 16.9. The summed E-state index contributed by atoms with van der Waals surface area (Å²) < 4.78 is 6.56. The SMILES string of the molecule is O=C(/C=C/c1cccc([N+](=O)[O-])c1)Nc1ccc2oc(-c3cncc(Br)c3)nc2c1. The van der Waals surface area contributed by atoms with Crippen molar-refractivity contribution in [3.63, 3.8) is 0 Å². The smallest absolute Gasteiger partial charge is 0.270 e. The van der Waals surface area contributed by atoms with Crippen LogP contribution in [-0.4, -0.2) is 20.8 Å². The predicted octanol–water partition coefficient (Wildman–Crippen LogP) is 5.21. The summed E-state index contributed by atoms with van der Waals surface area (Å²) in [4.78, 5) is 31.1. The summed E-state index contributed by atoms with van der Waals surface area (Å²) >= 11 is 3.37. The highest BCUT2D eigenvalue weighted by molar-refractivity contribution is 9.10. The molecule has 0 atom stereocenters. The number of nitro benzene ring substituents is 1. The first-order valence-corrected chi connectivity index (χ1v) is 9.52. The number of oxazole rings is 1. The number of hydrogen-bond acceptors (Lipinski definition) is 6. The molecular formula is C21H13BrN4O4. The van der Waals surface area contributed by atoms with Gasteiger partial charge in [-0.25, -0.2) is 4.98 Å². The monoisotopic (exact) mass is 464 g/mol. The van der Waals surface area contributed by atoms with Gasteiger partial charge in [-0.3, -0.25) is 19.9 Å². The van der Waals surface area contributed by atoms with Crippen LogP contribution in [0.2, 0.25) is 0 Å². The van der Waals surface area contributed by atoms with Crippen LogP contribution in [0.3, 0.4) is 0 Å². The van der Waals surface area contributed by atoms with E-state index in [4.69, 9.17) is 4.42 Å². The first kappa shape index (κ1) is 19.5. The number of benzene rings is 2. The number of anilines is 1. The Kier molecular flexibility index (Phi) is 5.36. The fourth-order valence-electron chi connectivity index (χ4n) is 2.76. The van der Waals surface area contributed by atoms with Gasteiger partial charge < -0.3 is 9.73 Å². The second-order valence-electron chi connectivity index (χ2n) is 6.27. The molecule has 2 aromatic heterocycles. The molecule has 4 aromatic rings. The van der Waals surface area contributed by atoms with Gasteiger partial charge in [0, 0.05) is 40.8 Å². The van der Waals surface area contributed by atoms with Crippen LogP contribution in [0.5, 0.6) is 0 Å². The largest absolute Gasteiger partial charge is 0.436 e. The number of hydrogen-bond donors (Lipinski definition) is 1. The Morgan fingerprint density at radius 1 is 1.17 bits per heavy atom. The number of nitrogens with one attached hydrogen (secondary N) is 1. The second-order valence-corrected chi connectivity index (χ2v) is 7.18. The molecule has 1 amide bonds. The van der Waals surface area contributed by atoms with Crippen LogP contribution < -0.4 is 5.32 Å². The molecule has 0 radical (unpaired) electrons. The van der Waals surface area contributed by atoms with Crippen LogP contribution in [0.25, 0.3) is 28.6 Å². The van der Waals surface area contributed by atoms with Gasteiger partial charge in [-0.15, -0.1) is 0 Å². The molecule has 0 saturated heterocycles. The molecule has 0 aliphatic rings. The van der Waals surface area contributed by atoms with Crippen LogP contribution in [-0.2, 0) is 4.79 Å². The normalized spacial score (nSPS) is 11.1. The van der Waals surface area contributed by atoms with Gasteiger partial charge in [0.2, 0.25) is 11.8 Å². The molecule has 148 valence electrons. The van der Waals surface area contributed by atoms with E-state index in [1.807, 2.05) is 6.07 Å². The van der Waals surface area contributed by atoms with E-state index >= 15 is 0 Å². The van der Waals surface area contributed by atoms with Gasteiger partial charge in [-0.2, -0.15) is 0 Å². The molecule has 8 nitrogen and oxygen atoms in total. The van der Waals surface area contributed by atoms with Crippen molar-refractivity contribution in [2.24, 2.45) is 0 Å². The molecule has 0 aliphatic heterocycles. The molecule has 0 spiro atoms. The molecule has 0 aliphatic carbocycles. The molecule has 1 N–H and O–H groups in total. The molecule has 2 aromatic carbocycles. The lowest BCUT2D eigenvalue weighted by molar-refractivity contribution is -0.384. The van der Waals surface area contributed by atoms with Crippen LogP contribution in [0.1, 0.15) is 5.56 Å². The second kappa shape index (κ2) is 8.26. The number of aromatic nitrogens is 2. The molecule has 0 fully saturated rings. The van der Waals surface area contributed by atoms with E-state index in [1.54, 1.807) is 42.7 Å². The topological polar surface area (TPSA) is 111 Å². The number of rotatable bonds is 5. The summed E-state index contributed by atoms with van der Waals surface area (Å²) in [5.74, 6) is 0.0496. The maximum absolute atomic E-state index is 12.2. The minimum atomic E-state index is -0.483. The molecule has 0 saturated carbocycles. The highest BCUT2D eigenvalue weighted by Crippen LogP contribution is 2.27. The minimum Gasteiger partial charge on any atom is -0.436 e. The highest BCUT2D eigenvalue weighted by Gasteiger charge is 2.10. The molecular weight excluding hydrogens is 452 g/mol. The molecule has 0 unspecified atom stereocenters. The van der Waals surface area contributed by atoms with Gasteiger partial charge in [0.15, 0.2) is 5.58 Å². The third kappa shape index (κ3) is 4.41. The first-order valence-electron chi connectivity index (χ1n) is 8.73. The molecule has 30 heavy (non-hydrogen) atoms. The zero-order chi connectivity index (χ0) is 21.1. The number of fused-ring (bicyclic) bond motifs is 1. The summed E-state index contributed by atoms with van der Waals surface area (Å²) in [6.07, 6.45) is 6.14. The lowest BCUT2D eigenvalue weighted by Gasteiger charge is -2.01. The molecule has 2 heterocycles. The van der Waals surface area contributed by atoms with E-state index < -0.39 is 4.92 Å². The minimum absolute atomic E-state index is 0.0366. The van der Waals surface area contributed by atoms with Gasteiger partial charge in [-0.05, 0) is 51.8 Å². The fraction of sp³-hybridized carbons (Fsp3) is 0. The quantitative estimate of drug-likeness (QED) is 0.246. The van der Waals surface area contributed by atoms with E-state index in [-0.39, 0.29) is 11.6 Å². The Bertz CT molecular complexity index is 1300. The van der Waals surface area contributed by atoms with Crippen LogP contribution >= 0.6 is 15.9 Å². The zero-order valence-electron chi connectivity index (χ0n) is 15.3. The lowest BCUT2D eigenvalue weighted by atomic mass is 10.2. The summed E-state index contributed by atoms with van der Waals surface area (Å²) in [6, 6.07) is 13.0. The summed E-state index contributed by atoms with van der Waals surface area (Å²) in [5, 5.41) is 13.6. The summed E-state index contributed by atoms with van der Waals surface area (Å²) in [7, 11) is 0. The Morgan fingerprint density at radius 2 is 2.03 bits per heavy atom. The standard InChI is InChI=1S/C21H13BrN4O4/c22-15-9-14(11-23-12-15)21-25-18-10-16(5-6-19(18)30-21)24-20(27)7-4-13-2-1-3-17(8-13)26(28)29/h1-12H,(H,24,27)/b7-4+. The number of non-ortho nitro benzene ring substituents is 1. The fourth-order valence-corrected chi connectivity index (χ4v) is 3.12. The van der Waals surface area contributed by atoms with Crippen LogP contribution in [0, 0.1) is 10.1 Å². The molecule has 0 bridgehead atoms. The number of nitrogens with zero attached hydrogens (tertiary/aromatic N) is 3. The number of pyridine rings is 1. The lowest BCUT2D eigenvalue weighted by Crippen LogP contribution is -2.07. The third-order valence-electron chi connectivity index (χ3n) is 4.12.